The molecule has 12 heavy (non-hydrogen) atoms. The van der Waals surface area contributed by atoms with Crippen LogP contribution < -0.4 is 5.73 Å². The van der Waals surface area contributed by atoms with Gasteiger partial charge in [-0.3, -0.25) is 0 Å². The minimum Gasteiger partial charge on any atom is -0.328 e. The predicted molar refractivity (Wildman–Crippen MR) is 53.1 cm³/mol. The van der Waals surface area contributed by atoms with E-state index < -0.39 is 0 Å². The van der Waals surface area contributed by atoms with Crippen molar-refractivity contribution in [1.82, 2.24) is 4.90 Å². The highest BCUT2D eigenvalue weighted by molar-refractivity contribution is 4.88. The predicted octanol–water partition coefficient (Wildman–Crippen LogP) is 1.45. The molecule has 0 unspecified atom stereocenters. The van der Waals surface area contributed by atoms with E-state index >= 15 is 0 Å². The van der Waals surface area contributed by atoms with Gasteiger partial charge in [-0.15, -0.1) is 0 Å². The summed E-state index contributed by atoms with van der Waals surface area (Å²) in [5.41, 5.74) is 5.74. The molecule has 1 aliphatic carbocycles. The van der Waals surface area contributed by atoms with Gasteiger partial charge < -0.3 is 10.6 Å². The fourth-order valence-corrected chi connectivity index (χ4v) is 1.63. The lowest BCUT2D eigenvalue weighted by atomic mass is 9.86. The molecule has 1 rings (SSSR count). The molecule has 0 heterocycles. The molecule has 0 spiro atoms. The van der Waals surface area contributed by atoms with Gasteiger partial charge in [0, 0.05) is 12.1 Å². The Morgan fingerprint density at radius 1 is 1.42 bits per heavy atom. The average Bonchev–Trinajstić information content (AvgIpc) is 1.94. The third-order valence-electron chi connectivity index (χ3n) is 2.83. The third-order valence-corrected chi connectivity index (χ3v) is 2.83. The van der Waals surface area contributed by atoms with Gasteiger partial charge in [-0.25, -0.2) is 0 Å². The molecule has 0 aromatic heterocycles. The van der Waals surface area contributed by atoms with Crippen molar-refractivity contribution in [2.24, 2.45) is 11.7 Å². The molecular formula is C10H22N2. The molecule has 72 valence electrons. The first-order valence-electron chi connectivity index (χ1n) is 5.05. The molecule has 0 saturated heterocycles. The zero-order chi connectivity index (χ0) is 9.14. The molecule has 2 N–H and O–H groups in total. The van der Waals surface area contributed by atoms with Gasteiger partial charge in [0.15, 0.2) is 0 Å². The van der Waals surface area contributed by atoms with Gasteiger partial charge in [-0.1, -0.05) is 13.8 Å². The van der Waals surface area contributed by atoms with Gasteiger partial charge in [0.05, 0.1) is 0 Å². The van der Waals surface area contributed by atoms with E-state index in [-0.39, 0.29) is 0 Å². The Bertz CT molecular complexity index is 128. The Kier molecular flexibility index (Phi) is 3.53. The molecule has 0 radical (unpaired) electrons. The highest BCUT2D eigenvalue weighted by Crippen LogP contribution is 2.23. The second-order valence-electron chi connectivity index (χ2n) is 4.55. The smallest absolute Gasteiger partial charge is 0.0122 e. The molecule has 0 bridgehead atoms. The second-order valence-corrected chi connectivity index (χ2v) is 4.55. The minimum atomic E-state index is 0.483. The van der Waals surface area contributed by atoms with Crippen LogP contribution in [0.2, 0.25) is 0 Å². The van der Waals surface area contributed by atoms with Crippen molar-refractivity contribution < 1.29 is 0 Å². The molecule has 1 fully saturated rings. The second kappa shape index (κ2) is 4.24. The molecule has 0 amide bonds. The summed E-state index contributed by atoms with van der Waals surface area (Å²) in [4.78, 5) is 2.46. The summed E-state index contributed by atoms with van der Waals surface area (Å²) in [6, 6.07) is 1.26. The topological polar surface area (TPSA) is 29.3 Å². The summed E-state index contributed by atoms with van der Waals surface area (Å²) >= 11 is 0. The van der Waals surface area contributed by atoms with E-state index in [0.29, 0.717) is 6.04 Å². The van der Waals surface area contributed by atoms with Crippen molar-refractivity contribution in [2.75, 3.05) is 13.6 Å². The summed E-state index contributed by atoms with van der Waals surface area (Å²) in [6.45, 7) is 5.79. The van der Waals surface area contributed by atoms with E-state index in [4.69, 9.17) is 5.73 Å². The molecule has 1 aliphatic rings. The molecule has 0 aromatic rings. The lowest BCUT2D eigenvalue weighted by Gasteiger charge is -2.39. The van der Waals surface area contributed by atoms with Crippen LogP contribution in [0, 0.1) is 5.92 Å². The number of rotatable bonds is 4. The van der Waals surface area contributed by atoms with Crippen molar-refractivity contribution >= 4 is 0 Å². The van der Waals surface area contributed by atoms with E-state index in [1.807, 2.05) is 0 Å². The Labute approximate surface area is 76.1 Å². The van der Waals surface area contributed by atoms with Crippen molar-refractivity contribution in [3.05, 3.63) is 0 Å². The maximum absolute atomic E-state index is 5.74. The molecule has 1 saturated carbocycles. The van der Waals surface area contributed by atoms with Crippen LogP contribution in [0.5, 0.6) is 0 Å². The summed E-state index contributed by atoms with van der Waals surface area (Å²) < 4.78 is 0. The van der Waals surface area contributed by atoms with Crippen molar-refractivity contribution in [3.8, 4) is 0 Å². The molecule has 2 nitrogen and oxygen atoms in total. The van der Waals surface area contributed by atoms with Gasteiger partial charge in [-0.05, 0) is 38.8 Å². The van der Waals surface area contributed by atoms with Crippen LogP contribution in [0.3, 0.4) is 0 Å². The first-order chi connectivity index (χ1) is 5.59. The average molecular weight is 170 g/mol. The Morgan fingerprint density at radius 3 is 2.42 bits per heavy atom. The standard InChI is InChI=1S/C10H22N2/c1-8(2)4-5-12(3)10-6-9(11)7-10/h8-10H,4-7,11H2,1-3H3. The maximum atomic E-state index is 5.74. The number of nitrogens with zero attached hydrogens (tertiary/aromatic N) is 1. The zero-order valence-electron chi connectivity index (χ0n) is 8.59. The normalized spacial score (nSPS) is 29.5. The van der Waals surface area contributed by atoms with Crippen molar-refractivity contribution in [2.45, 2.75) is 45.2 Å². The Hall–Kier alpha value is -0.0800. The summed E-state index contributed by atoms with van der Waals surface area (Å²) in [5, 5.41) is 0. The molecule has 0 aliphatic heterocycles. The van der Waals surface area contributed by atoms with Crippen molar-refractivity contribution in [1.29, 1.82) is 0 Å². The summed E-state index contributed by atoms with van der Waals surface area (Å²) in [7, 11) is 2.22. The van der Waals surface area contributed by atoms with Gasteiger partial charge in [0.1, 0.15) is 0 Å². The largest absolute Gasteiger partial charge is 0.328 e. The first kappa shape index (κ1) is 10.0. The van der Waals surface area contributed by atoms with Crippen LogP contribution in [-0.2, 0) is 0 Å². The first-order valence-corrected chi connectivity index (χ1v) is 5.05. The lowest BCUT2D eigenvalue weighted by Crippen LogP contribution is -2.49. The third kappa shape index (κ3) is 2.76. The fraction of sp³-hybridized carbons (Fsp3) is 1.00. The van der Waals surface area contributed by atoms with Gasteiger partial charge >= 0.3 is 0 Å². The fourth-order valence-electron chi connectivity index (χ4n) is 1.63. The van der Waals surface area contributed by atoms with Crippen LogP contribution in [0.1, 0.15) is 33.1 Å². The van der Waals surface area contributed by atoms with Crippen LogP contribution >= 0.6 is 0 Å². The van der Waals surface area contributed by atoms with Crippen LogP contribution in [-0.4, -0.2) is 30.6 Å². The number of nitrogens with two attached hydrogens (primary N) is 1. The van der Waals surface area contributed by atoms with Crippen LogP contribution in [0.15, 0.2) is 0 Å². The van der Waals surface area contributed by atoms with Crippen LogP contribution in [0.25, 0.3) is 0 Å². The molecule has 0 aromatic carbocycles. The van der Waals surface area contributed by atoms with Gasteiger partial charge in [0.25, 0.3) is 0 Å². The highest BCUT2D eigenvalue weighted by Gasteiger charge is 2.28. The molecular weight excluding hydrogens is 148 g/mol. The molecule has 0 atom stereocenters. The maximum Gasteiger partial charge on any atom is 0.0122 e. The van der Waals surface area contributed by atoms with E-state index in [1.165, 1.54) is 25.8 Å². The summed E-state index contributed by atoms with van der Waals surface area (Å²) in [5.74, 6) is 0.821. The van der Waals surface area contributed by atoms with E-state index in [9.17, 15) is 0 Å². The Morgan fingerprint density at radius 2 is 2.00 bits per heavy atom. The lowest BCUT2D eigenvalue weighted by molar-refractivity contribution is 0.133. The monoisotopic (exact) mass is 170 g/mol. The van der Waals surface area contributed by atoms with E-state index in [2.05, 4.69) is 25.8 Å². The number of hydrogen-bond acceptors (Lipinski definition) is 2. The van der Waals surface area contributed by atoms with Gasteiger partial charge in [-0.2, -0.15) is 0 Å². The van der Waals surface area contributed by atoms with Gasteiger partial charge in [0.2, 0.25) is 0 Å². The van der Waals surface area contributed by atoms with E-state index in [0.717, 1.165) is 12.0 Å². The SMILES string of the molecule is CC(C)CCN(C)C1CC(N)C1. The quantitative estimate of drug-likeness (QED) is 0.692. The van der Waals surface area contributed by atoms with Crippen molar-refractivity contribution in [3.63, 3.8) is 0 Å². The van der Waals surface area contributed by atoms with Crippen LogP contribution in [0.4, 0.5) is 0 Å². The van der Waals surface area contributed by atoms with E-state index in [1.54, 1.807) is 0 Å². The summed E-state index contributed by atoms with van der Waals surface area (Å²) in [6.07, 6.45) is 3.71. The minimum absolute atomic E-state index is 0.483. The zero-order valence-corrected chi connectivity index (χ0v) is 8.59. The Balaban J connectivity index is 2.08. The number of hydrogen-bond donors (Lipinski definition) is 1. The highest BCUT2D eigenvalue weighted by atomic mass is 15.1. The molecule has 2 heteroatoms.